The maximum atomic E-state index is 11.8. The lowest BCUT2D eigenvalue weighted by atomic mass is 9.87. The highest BCUT2D eigenvalue weighted by Crippen LogP contribution is 2.49. The molecule has 1 aromatic carbocycles. The van der Waals surface area contributed by atoms with E-state index in [0.717, 1.165) is 16.5 Å². The Balaban J connectivity index is 2.43. The van der Waals surface area contributed by atoms with E-state index in [1.165, 1.54) is 6.07 Å². The molecule has 0 aliphatic carbocycles. The van der Waals surface area contributed by atoms with Crippen LogP contribution in [0.3, 0.4) is 0 Å². The summed E-state index contributed by atoms with van der Waals surface area (Å²) in [6.07, 6.45) is 0.565. The van der Waals surface area contributed by atoms with Crippen molar-refractivity contribution >= 4 is 11.0 Å². The van der Waals surface area contributed by atoms with Crippen LogP contribution in [0.15, 0.2) is 21.3 Å². The molecule has 1 aliphatic rings. The van der Waals surface area contributed by atoms with Crippen LogP contribution in [-0.2, 0) is 11.2 Å². The summed E-state index contributed by atoms with van der Waals surface area (Å²) in [5, 5.41) is 0.837. The number of fused-ring (bicyclic) bond motifs is 3. The third-order valence-electron chi connectivity index (χ3n) is 4.73. The molecule has 23 heavy (non-hydrogen) atoms. The minimum absolute atomic E-state index is 0.0145. The molecule has 5 nitrogen and oxygen atoms in total. The highest BCUT2D eigenvalue weighted by molar-refractivity contribution is 5.90. The molecular formula is C18H22O5. The Morgan fingerprint density at radius 1 is 1.22 bits per heavy atom. The Kier molecular flexibility index (Phi) is 4.06. The van der Waals surface area contributed by atoms with E-state index >= 15 is 0 Å². The highest BCUT2D eigenvalue weighted by Gasteiger charge is 2.37. The number of methoxy groups -OCH3 is 2. The van der Waals surface area contributed by atoms with E-state index in [-0.39, 0.29) is 23.8 Å². The van der Waals surface area contributed by atoms with Crippen molar-refractivity contribution in [2.24, 2.45) is 5.92 Å². The van der Waals surface area contributed by atoms with Crippen molar-refractivity contribution in [3.63, 3.8) is 0 Å². The van der Waals surface area contributed by atoms with Crippen molar-refractivity contribution in [3.8, 4) is 11.5 Å². The van der Waals surface area contributed by atoms with Crippen LogP contribution >= 0.6 is 0 Å². The van der Waals surface area contributed by atoms with Gasteiger partial charge in [-0.3, -0.25) is 0 Å². The number of hydrogen-bond acceptors (Lipinski definition) is 5. The van der Waals surface area contributed by atoms with Gasteiger partial charge in [0.25, 0.3) is 0 Å². The number of aryl methyl sites for hydroxylation is 1. The van der Waals surface area contributed by atoms with E-state index in [9.17, 15) is 4.79 Å². The van der Waals surface area contributed by atoms with Crippen molar-refractivity contribution in [3.05, 3.63) is 33.7 Å². The smallest absolute Gasteiger partial charge is 0.336 e. The fraction of sp³-hybridized carbons (Fsp3) is 0.500. The SMILES string of the molecule is CCc1cc(=O)oc2cc(OC)c3c(c12)O[C@@H](C)[C@H](C)[C@@H]3OC. The quantitative estimate of drug-likeness (QED) is 0.811. The van der Waals surface area contributed by atoms with Gasteiger partial charge in [-0.05, 0) is 18.9 Å². The molecule has 2 heterocycles. The topological polar surface area (TPSA) is 57.9 Å². The first kappa shape index (κ1) is 15.9. The lowest BCUT2D eigenvalue weighted by Gasteiger charge is -2.36. The van der Waals surface area contributed by atoms with E-state index in [4.69, 9.17) is 18.6 Å². The predicted molar refractivity (Wildman–Crippen MR) is 87.4 cm³/mol. The molecule has 0 fully saturated rings. The van der Waals surface area contributed by atoms with Crippen LogP contribution in [-0.4, -0.2) is 20.3 Å². The number of benzene rings is 1. The molecule has 0 unspecified atom stereocenters. The molecule has 3 atom stereocenters. The lowest BCUT2D eigenvalue weighted by Crippen LogP contribution is -2.33. The van der Waals surface area contributed by atoms with Gasteiger partial charge in [0, 0.05) is 25.2 Å². The van der Waals surface area contributed by atoms with Gasteiger partial charge in [-0.15, -0.1) is 0 Å². The van der Waals surface area contributed by atoms with Crippen molar-refractivity contribution < 1.29 is 18.6 Å². The minimum Gasteiger partial charge on any atom is -0.496 e. The summed E-state index contributed by atoms with van der Waals surface area (Å²) in [4.78, 5) is 11.8. The van der Waals surface area contributed by atoms with Gasteiger partial charge in [0.1, 0.15) is 23.2 Å². The standard InChI is InChI=1S/C18H22O5/c1-6-11-7-14(19)23-13-8-12(20-4)16-17(21-5)9(2)10(3)22-18(16)15(11)13/h7-10,17H,6H2,1-5H3/t9-,10-,17-/m0/s1. The van der Waals surface area contributed by atoms with Gasteiger partial charge >= 0.3 is 5.63 Å². The average Bonchev–Trinajstić information content (AvgIpc) is 2.54. The average molecular weight is 318 g/mol. The van der Waals surface area contributed by atoms with Gasteiger partial charge in [-0.25, -0.2) is 4.79 Å². The first-order valence-corrected chi connectivity index (χ1v) is 7.88. The van der Waals surface area contributed by atoms with E-state index < -0.39 is 0 Å². The molecule has 0 amide bonds. The second-order valence-electron chi connectivity index (χ2n) is 5.98. The van der Waals surface area contributed by atoms with Crippen LogP contribution in [0.25, 0.3) is 11.0 Å². The largest absolute Gasteiger partial charge is 0.496 e. The fourth-order valence-corrected chi connectivity index (χ4v) is 3.34. The van der Waals surface area contributed by atoms with E-state index in [1.54, 1.807) is 20.3 Å². The van der Waals surface area contributed by atoms with Crippen molar-refractivity contribution in [1.29, 1.82) is 0 Å². The van der Waals surface area contributed by atoms with Gasteiger partial charge in [0.15, 0.2) is 0 Å². The fourth-order valence-electron chi connectivity index (χ4n) is 3.34. The summed E-state index contributed by atoms with van der Waals surface area (Å²) in [6, 6.07) is 3.29. The monoisotopic (exact) mass is 318 g/mol. The molecule has 5 heteroatoms. The summed E-state index contributed by atoms with van der Waals surface area (Å²) >= 11 is 0. The number of rotatable bonds is 3. The maximum absolute atomic E-state index is 11.8. The third-order valence-corrected chi connectivity index (χ3v) is 4.73. The van der Waals surface area contributed by atoms with Gasteiger partial charge in [-0.1, -0.05) is 13.8 Å². The van der Waals surface area contributed by atoms with Gasteiger partial charge in [0.05, 0.1) is 24.2 Å². The summed E-state index contributed by atoms with van der Waals surface area (Å²) in [6.45, 7) is 6.13. The molecule has 0 saturated heterocycles. The summed E-state index contributed by atoms with van der Waals surface area (Å²) in [5.74, 6) is 1.51. The van der Waals surface area contributed by atoms with E-state index in [1.807, 2.05) is 13.8 Å². The molecule has 0 spiro atoms. The van der Waals surface area contributed by atoms with Gasteiger partial charge < -0.3 is 18.6 Å². The van der Waals surface area contributed by atoms with Gasteiger partial charge in [0.2, 0.25) is 0 Å². The van der Waals surface area contributed by atoms with Crippen LogP contribution in [0.2, 0.25) is 0 Å². The zero-order valence-corrected chi connectivity index (χ0v) is 14.1. The minimum atomic E-state index is -0.364. The molecule has 0 N–H and O–H groups in total. The van der Waals surface area contributed by atoms with Crippen LogP contribution in [0.1, 0.15) is 38.0 Å². The Labute approximate surface area is 135 Å². The highest BCUT2D eigenvalue weighted by atomic mass is 16.5. The zero-order valence-electron chi connectivity index (χ0n) is 14.1. The second kappa shape index (κ2) is 5.89. The molecule has 1 aromatic heterocycles. The zero-order chi connectivity index (χ0) is 16.7. The third kappa shape index (κ3) is 2.39. The summed E-state index contributed by atoms with van der Waals surface area (Å²) in [5.41, 5.74) is 1.92. The first-order chi connectivity index (χ1) is 11.0. The van der Waals surface area contributed by atoms with Crippen molar-refractivity contribution in [1.82, 2.24) is 0 Å². The first-order valence-electron chi connectivity index (χ1n) is 7.88. The number of ether oxygens (including phenoxy) is 3. The molecule has 0 saturated carbocycles. The Morgan fingerprint density at radius 3 is 2.57 bits per heavy atom. The molecule has 0 radical (unpaired) electrons. The second-order valence-corrected chi connectivity index (χ2v) is 5.98. The van der Waals surface area contributed by atoms with Crippen molar-refractivity contribution in [2.45, 2.75) is 39.4 Å². The van der Waals surface area contributed by atoms with Crippen LogP contribution in [0.4, 0.5) is 0 Å². The van der Waals surface area contributed by atoms with E-state index in [0.29, 0.717) is 23.5 Å². The lowest BCUT2D eigenvalue weighted by molar-refractivity contribution is -0.0133. The number of hydrogen-bond donors (Lipinski definition) is 0. The maximum Gasteiger partial charge on any atom is 0.336 e. The van der Waals surface area contributed by atoms with Crippen molar-refractivity contribution in [2.75, 3.05) is 14.2 Å². The Morgan fingerprint density at radius 2 is 1.96 bits per heavy atom. The molecule has 2 aromatic rings. The molecular weight excluding hydrogens is 296 g/mol. The summed E-state index contributed by atoms with van der Waals surface area (Å²) in [7, 11) is 3.29. The van der Waals surface area contributed by atoms with Gasteiger partial charge in [-0.2, -0.15) is 0 Å². The van der Waals surface area contributed by atoms with Crippen LogP contribution in [0.5, 0.6) is 11.5 Å². The molecule has 1 aliphatic heterocycles. The predicted octanol–water partition coefficient (Wildman–Crippen LogP) is 3.47. The molecule has 124 valence electrons. The van der Waals surface area contributed by atoms with E-state index in [2.05, 4.69) is 6.92 Å². The Bertz CT molecular complexity index is 792. The normalized spacial score (nSPS) is 23.4. The Hall–Kier alpha value is -2.01. The molecule has 0 bridgehead atoms. The molecule has 3 rings (SSSR count). The van der Waals surface area contributed by atoms with Crippen LogP contribution < -0.4 is 15.1 Å². The van der Waals surface area contributed by atoms with Crippen LogP contribution in [0, 0.1) is 5.92 Å². The summed E-state index contributed by atoms with van der Waals surface area (Å²) < 4.78 is 22.8.